The molecule has 1 aliphatic carbocycles. The number of aryl methyl sites for hydroxylation is 1. The van der Waals surface area contributed by atoms with Crippen LogP contribution in [0.25, 0.3) is 0 Å². The number of carbonyl (C=O) groups excluding carboxylic acids is 2. The summed E-state index contributed by atoms with van der Waals surface area (Å²) in [4.78, 5) is 38.7. The van der Waals surface area contributed by atoms with Gasteiger partial charge in [-0.1, -0.05) is 18.6 Å². The van der Waals surface area contributed by atoms with Crippen LogP contribution in [0.5, 0.6) is 0 Å². The summed E-state index contributed by atoms with van der Waals surface area (Å²) in [5, 5.41) is 0. The van der Waals surface area contributed by atoms with Gasteiger partial charge in [-0.15, -0.1) is 0 Å². The van der Waals surface area contributed by atoms with Crippen LogP contribution in [0.1, 0.15) is 53.7 Å². The van der Waals surface area contributed by atoms with E-state index in [9.17, 15) is 9.59 Å². The number of hydrogen-bond acceptors (Lipinski definition) is 4. The van der Waals surface area contributed by atoms with Crippen molar-refractivity contribution in [2.45, 2.75) is 51.6 Å². The maximum atomic E-state index is 13.2. The highest BCUT2D eigenvalue weighted by atomic mass is 16.2. The lowest BCUT2D eigenvalue weighted by Gasteiger charge is -2.42. The largest absolute Gasteiger partial charge is 0.335 e. The van der Waals surface area contributed by atoms with Crippen LogP contribution in [0.4, 0.5) is 0 Å². The van der Waals surface area contributed by atoms with Gasteiger partial charge in [0.15, 0.2) is 0 Å². The highest BCUT2D eigenvalue weighted by molar-refractivity contribution is 5.93. The highest BCUT2D eigenvalue weighted by Crippen LogP contribution is 2.31. The molecule has 0 bridgehead atoms. The van der Waals surface area contributed by atoms with E-state index in [0.717, 1.165) is 43.2 Å². The van der Waals surface area contributed by atoms with Gasteiger partial charge in [0.1, 0.15) is 5.69 Å². The minimum Gasteiger partial charge on any atom is -0.335 e. The van der Waals surface area contributed by atoms with Gasteiger partial charge in [0.05, 0.1) is 0 Å². The number of piperidine rings is 1. The van der Waals surface area contributed by atoms with Gasteiger partial charge in [-0.2, -0.15) is 0 Å². The van der Waals surface area contributed by atoms with Gasteiger partial charge in [-0.3, -0.25) is 19.6 Å². The van der Waals surface area contributed by atoms with E-state index in [4.69, 9.17) is 0 Å². The molecular weight excluding hydrogens is 364 g/mol. The zero-order valence-corrected chi connectivity index (χ0v) is 17.0. The summed E-state index contributed by atoms with van der Waals surface area (Å²) < 4.78 is 0. The van der Waals surface area contributed by atoms with Gasteiger partial charge in [-0.05, 0) is 55.9 Å². The number of aromatic nitrogens is 2. The monoisotopic (exact) mass is 392 g/mol. The maximum Gasteiger partial charge on any atom is 0.272 e. The Morgan fingerprint density at radius 2 is 1.97 bits per heavy atom. The van der Waals surface area contributed by atoms with Gasteiger partial charge in [0.2, 0.25) is 5.91 Å². The quantitative estimate of drug-likeness (QED) is 0.784. The Labute approximate surface area is 172 Å². The molecule has 29 heavy (non-hydrogen) atoms. The van der Waals surface area contributed by atoms with Crippen molar-refractivity contribution in [2.75, 3.05) is 13.1 Å². The molecule has 2 aliphatic rings. The first-order valence-electron chi connectivity index (χ1n) is 10.5. The summed E-state index contributed by atoms with van der Waals surface area (Å²) >= 11 is 0. The molecule has 1 saturated heterocycles. The first-order chi connectivity index (χ1) is 14.1. The van der Waals surface area contributed by atoms with Crippen LogP contribution in [0.3, 0.4) is 0 Å². The average Bonchev–Trinajstić information content (AvgIpc) is 2.71. The molecule has 1 saturated carbocycles. The topological polar surface area (TPSA) is 66.4 Å². The molecule has 3 heterocycles. The smallest absolute Gasteiger partial charge is 0.272 e. The van der Waals surface area contributed by atoms with E-state index in [1.807, 2.05) is 47.2 Å². The molecule has 2 aromatic heterocycles. The zero-order valence-electron chi connectivity index (χ0n) is 17.0. The number of pyridine rings is 2. The third kappa shape index (κ3) is 4.31. The van der Waals surface area contributed by atoms with Gasteiger partial charge in [-0.25, -0.2) is 0 Å². The van der Waals surface area contributed by atoms with Crippen LogP contribution in [0.15, 0.2) is 42.9 Å². The van der Waals surface area contributed by atoms with Crippen LogP contribution in [0, 0.1) is 12.8 Å². The Morgan fingerprint density at radius 1 is 1.14 bits per heavy atom. The summed E-state index contributed by atoms with van der Waals surface area (Å²) in [5.41, 5.74) is 2.43. The van der Waals surface area contributed by atoms with Gasteiger partial charge in [0.25, 0.3) is 5.91 Å². The molecule has 152 valence electrons. The van der Waals surface area contributed by atoms with Crippen LogP contribution in [0.2, 0.25) is 0 Å². The van der Waals surface area contributed by atoms with Crippen molar-refractivity contribution in [2.24, 2.45) is 5.92 Å². The predicted molar refractivity (Wildman–Crippen MR) is 110 cm³/mol. The van der Waals surface area contributed by atoms with Gasteiger partial charge in [0, 0.05) is 50.2 Å². The molecule has 4 rings (SSSR count). The van der Waals surface area contributed by atoms with E-state index in [2.05, 4.69) is 9.97 Å². The second-order valence-electron chi connectivity index (χ2n) is 8.17. The maximum absolute atomic E-state index is 13.2. The first kappa shape index (κ1) is 19.6. The molecule has 6 nitrogen and oxygen atoms in total. The van der Waals surface area contributed by atoms with Crippen molar-refractivity contribution >= 4 is 11.8 Å². The molecule has 0 aromatic carbocycles. The van der Waals surface area contributed by atoms with E-state index in [1.165, 1.54) is 0 Å². The number of rotatable bonds is 5. The number of hydrogen-bond donors (Lipinski definition) is 0. The Morgan fingerprint density at radius 3 is 2.66 bits per heavy atom. The normalized spacial score (nSPS) is 19.5. The minimum atomic E-state index is -0.0368. The second kappa shape index (κ2) is 8.72. The van der Waals surface area contributed by atoms with E-state index in [1.54, 1.807) is 12.4 Å². The van der Waals surface area contributed by atoms with E-state index >= 15 is 0 Å². The SMILES string of the molecule is Cc1cccnc1C(=O)N1CCCC(N(Cc2cccnc2)C(=O)C2CCC2)C1. The fourth-order valence-electron chi connectivity index (χ4n) is 4.22. The number of amides is 2. The summed E-state index contributed by atoms with van der Waals surface area (Å²) in [6.45, 7) is 3.74. The number of carbonyl (C=O) groups is 2. The van der Waals surface area contributed by atoms with Crippen LogP contribution >= 0.6 is 0 Å². The highest BCUT2D eigenvalue weighted by Gasteiger charge is 2.36. The molecule has 1 atom stereocenters. The summed E-state index contributed by atoms with van der Waals surface area (Å²) in [6.07, 6.45) is 10.1. The van der Waals surface area contributed by atoms with Gasteiger partial charge < -0.3 is 9.80 Å². The first-order valence-corrected chi connectivity index (χ1v) is 10.5. The zero-order chi connectivity index (χ0) is 20.2. The van der Waals surface area contributed by atoms with Crippen molar-refractivity contribution in [1.82, 2.24) is 19.8 Å². The standard InChI is InChI=1S/C23H28N4O2/c1-17-6-3-12-25-21(17)23(29)26-13-5-10-20(16-26)27(22(28)19-8-2-9-19)15-18-7-4-11-24-14-18/h3-4,6-7,11-12,14,19-20H,2,5,8-10,13,15-16H2,1H3. The van der Waals surface area contributed by atoms with Crippen molar-refractivity contribution in [1.29, 1.82) is 0 Å². The molecule has 6 heteroatoms. The Bertz CT molecular complexity index is 866. The fraction of sp³-hybridized carbons (Fsp3) is 0.478. The summed E-state index contributed by atoms with van der Waals surface area (Å²) in [5.74, 6) is 0.328. The van der Waals surface area contributed by atoms with Crippen molar-refractivity contribution in [3.8, 4) is 0 Å². The molecule has 1 unspecified atom stereocenters. The second-order valence-corrected chi connectivity index (χ2v) is 8.17. The molecule has 2 fully saturated rings. The third-order valence-corrected chi connectivity index (χ3v) is 6.15. The number of likely N-dealkylation sites (tertiary alicyclic amines) is 1. The molecule has 2 amide bonds. The van der Waals surface area contributed by atoms with E-state index < -0.39 is 0 Å². The average molecular weight is 393 g/mol. The molecule has 1 aliphatic heterocycles. The predicted octanol–water partition coefficient (Wildman–Crippen LogP) is 3.22. The molecule has 0 radical (unpaired) electrons. The Hall–Kier alpha value is -2.76. The lowest BCUT2D eigenvalue weighted by atomic mass is 9.83. The summed E-state index contributed by atoms with van der Waals surface area (Å²) in [7, 11) is 0. The van der Waals surface area contributed by atoms with Crippen molar-refractivity contribution < 1.29 is 9.59 Å². The Kier molecular flexibility index (Phi) is 5.88. The van der Waals surface area contributed by atoms with Crippen molar-refractivity contribution in [3.63, 3.8) is 0 Å². The molecule has 0 spiro atoms. The Balaban J connectivity index is 1.53. The molecular formula is C23H28N4O2. The lowest BCUT2D eigenvalue weighted by Crippen LogP contribution is -2.53. The molecule has 0 N–H and O–H groups in total. The van der Waals surface area contributed by atoms with E-state index in [0.29, 0.717) is 25.3 Å². The van der Waals surface area contributed by atoms with Crippen LogP contribution in [-0.4, -0.2) is 50.7 Å². The van der Waals surface area contributed by atoms with Crippen LogP contribution < -0.4 is 0 Å². The van der Waals surface area contributed by atoms with Crippen molar-refractivity contribution in [3.05, 3.63) is 59.7 Å². The summed E-state index contributed by atoms with van der Waals surface area (Å²) in [6, 6.07) is 7.71. The fourth-order valence-corrected chi connectivity index (χ4v) is 4.22. The third-order valence-electron chi connectivity index (χ3n) is 6.15. The lowest BCUT2D eigenvalue weighted by molar-refractivity contribution is -0.142. The minimum absolute atomic E-state index is 0.0324. The van der Waals surface area contributed by atoms with Gasteiger partial charge >= 0.3 is 0 Å². The van der Waals surface area contributed by atoms with Crippen LogP contribution in [-0.2, 0) is 11.3 Å². The van der Waals surface area contributed by atoms with E-state index in [-0.39, 0.29) is 23.8 Å². The number of nitrogens with zero attached hydrogens (tertiary/aromatic N) is 4. The molecule has 2 aromatic rings.